The third-order valence-corrected chi connectivity index (χ3v) is 3.02. The van der Waals surface area contributed by atoms with E-state index in [9.17, 15) is 9.59 Å². The van der Waals surface area contributed by atoms with Crippen LogP contribution in [-0.2, 0) is 11.3 Å². The second-order valence-corrected chi connectivity index (χ2v) is 4.93. The van der Waals surface area contributed by atoms with Crippen LogP contribution in [0.15, 0.2) is 41.3 Å². The van der Waals surface area contributed by atoms with Crippen molar-refractivity contribution < 1.29 is 9.53 Å². The summed E-state index contributed by atoms with van der Waals surface area (Å²) in [5.41, 5.74) is 2.55. The van der Waals surface area contributed by atoms with Crippen molar-refractivity contribution in [3.63, 3.8) is 0 Å². The van der Waals surface area contributed by atoms with Crippen LogP contribution in [0.2, 0.25) is 0 Å². The van der Waals surface area contributed by atoms with Crippen molar-refractivity contribution in [2.45, 2.75) is 20.4 Å². The molecule has 110 valence electrons. The summed E-state index contributed by atoms with van der Waals surface area (Å²) in [4.78, 5) is 24.0. The largest absolute Gasteiger partial charge is 0.491 e. The molecule has 1 N–H and O–H groups in total. The third kappa shape index (κ3) is 3.72. The van der Waals surface area contributed by atoms with Gasteiger partial charge in [-0.05, 0) is 49.2 Å². The molecule has 1 amide bonds. The maximum absolute atomic E-state index is 12.0. The highest BCUT2D eigenvalue weighted by Gasteiger charge is 2.08. The van der Waals surface area contributed by atoms with Gasteiger partial charge < -0.3 is 14.6 Å². The number of methoxy groups -OCH3 is 1. The minimum absolute atomic E-state index is 0.0526. The number of carbonyl (C=O) groups excluding carboxylic acids is 1. The van der Waals surface area contributed by atoms with Crippen molar-refractivity contribution >= 4 is 11.6 Å². The fourth-order valence-corrected chi connectivity index (χ4v) is 2.20. The lowest BCUT2D eigenvalue weighted by Crippen LogP contribution is -2.27. The summed E-state index contributed by atoms with van der Waals surface area (Å²) in [5, 5.41) is 2.80. The lowest BCUT2D eigenvalue weighted by Gasteiger charge is -2.10. The van der Waals surface area contributed by atoms with Crippen LogP contribution in [0.3, 0.4) is 0 Å². The van der Waals surface area contributed by atoms with Crippen molar-refractivity contribution in [1.29, 1.82) is 0 Å². The van der Waals surface area contributed by atoms with E-state index in [2.05, 4.69) is 5.32 Å². The summed E-state index contributed by atoms with van der Waals surface area (Å²) in [5.74, 6) is -0.0351. The number of rotatable bonds is 4. The van der Waals surface area contributed by atoms with E-state index in [1.165, 1.54) is 11.7 Å². The normalized spacial score (nSPS) is 10.2. The number of nitrogens with one attached hydrogen (secondary N) is 1. The summed E-state index contributed by atoms with van der Waals surface area (Å²) in [6, 6.07) is 9.05. The first-order chi connectivity index (χ1) is 9.99. The van der Waals surface area contributed by atoms with E-state index < -0.39 is 0 Å². The third-order valence-electron chi connectivity index (χ3n) is 3.02. The molecule has 0 spiro atoms. The lowest BCUT2D eigenvalue weighted by atomic mass is 10.1. The van der Waals surface area contributed by atoms with Crippen molar-refractivity contribution in [3.05, 3.63) is 58.0 Å². The van der Waals surface area contributed by atoms with Crippen LogP contribution in [0.1, 0.15) is 11.1 Å². The van der Waals surface area contributed by atoms with Gasteiger partial charge in [-0.3, -0.25) is 9.59 Å². The van der Waals surface area contributed by atoms with Gasteiger partial charge in [0.05, 0.1) is 7.11 Å². The van der Waals surface area contributed by atoms with Crippen LogP contribution < -0.4 is 15.6 Å². The molecule has 0 aliphatic carbocycles. The first-order valence-corrected chi connectivity index (χ1v) is 6.61. The van der Waals surface area contributed by atoms with Gasteiger partial charge >= 0.3 is 0 Å². The van der Waals surface area contributed by atoms with Crippen LogP contribution >= 0.6 is 0 Å². The van der Waals surface area contributed by atoms with Crippen molar-refractivity contribution in [2.24, 2.45) is 0 Å². The number of ether oxygens (including phenoxy) is 1. The number of aromatic nitrogens is 1. The van der Waals surface area contributed by atoms with Gasteiger partial charge in [0.2, 0.25) is 5.91 Å². The Bertz CT molecular complexity index is 699. The molecule has 1 aromatic carbocycles. The average Bonchev–Trinajstić information content (AvgIpc) is 2.40. The zero-order valence-corrected chi connectivity index (χ0v) is 12.3. The predicted molar refractivity (Wildman–Crippen MR) is 81.8 cm³/mol. The molecule has 0 radical (unpaired) electrons. The molecule has 0 aliphatic heterocycles. The van der Waals surface area contributed by atoms with E-state index in [-0.39, 0.29) is 23.8 Å². The second-order valence-electron chi connectivity index (χ2n) is 4.93. The highest BCUT2D eigenvalue weighted by molar-refractivity contribution is 5.90. The van der Waals surface area contributed by atoms with Crippen molar-refractivity contribution in [3.8, 4) is 5.75 Å². The molecule has 0 fully saturated rings. The Labute approximate surface area is 123 Å². The highest BCUT2D eigenvalue weighted by atomic mass is 16.5. The number of anilines is 1. The predicted octanol–water partition coefficient (Wildman–Crippen LogP) is 2.11. The molecule has 1 aromatic heterocycles. The van der Waals surface area contributed by atoms with Crippen molar-refractivity contribution in [1.82, 2.24) is 4.57 Å². The summed E-state index contributed by atoms with van der Waals surface area (Å²) >= 11 is 0. The van der Waals surface area contributed by atoms with Crippen LogP contribution in [-0.4, -0.2) is 17.6 Å². The molecule has 0 saturated heterocycles. The molecule has 0 saturated carbocycles. The van der Waals surface area contributed by atoms with Crippen LogP contribution in [0.4, 0.5) is 5.69 Å². The molecule has 0 bridgehead atoms. The first-order valence-electron chi connectivity index (χ1n) is 6.61. The van der Waals surface area contributed by atoms with Crippen molar-refractivity contribution in [2.75, 3.05) is 12.4 Å². The zero-order valence-electron chi connectivity index (χ0n) is 12.3. The smallest absolute Gasteiger partial charge is 0.293 e. The molecule has 1 heterocycles. The number of nitrogens with zero attached hydrogens (tertiary/aromatic N) is 1. The van der Waals surface area contributed by atoms with Crippen LogP contribution in [0.25, 0.3) is 0 Å². The molecular weight excluding hydrogens is 268 g/mol. The van der Waals surface area contributed by atoms with Gasteiger partial charge in [-0.2, -0.15) is 0 Å². The van der Waals surface area contributed by atoms with E-state index in [0.717, 1.165) is 16.8 Å². The van der Waals surface area contributed by atoms with Gasteiger partial charge in [0.25, 0.3) is 5.56 Å². The number of amides is 1. The highest BCUT2D eigenvalue weighted by Crippen LogP contribution is 2.13. The minimum Gasteiger partial charge on any atom is -0.491 e. The average molecular weight is 286 g/mol. The zero-order chi connectivity index (χ0) is 15.4. The molecule has 0 atom stereocenters. The van der Waals surface area contributed by atoms with E-state index in [0.29, 0.717) is 0 Å². The van der Waals surface area contributed by atoms with E-state index >= 15 is 0 Å². The summed E-state index contributed by atoms with van der Waals surface area (Å²) in [7, 11) is 1.43. The monoisotopic (exact) mass is 286 g/mol. The number of hydrogen-bond acceptors (Lipinski definition) is 3. The molecule has 0 aliphatic rings. The van der Waals surface area contributed by atoms with Gasteiger partial charge in [-0.15, -0.1) is 0 Å². The maximum atomic E-state index is 12.0. The summed E-state index contributed by atoms with van der Waals surface area (Å²) < 4.78 is 6.27. The Morgan fingerprint density at radius 1 is 1.24 bits per heavy atom. The van der Waals surface area contributed by atoms with Gasteiger partial charge in [-0.25, -0.2) is 0 Å². The van der Waals surface area contributed by atoms with Crippen LogP contribution in [0, 0.1) is 13.8 Å². The fourth-order valence-electron chi connectivity index (χ4n) is 2.20. The van der Waals surface area contributed by atoms with E-state index in [1.807, 2.05) is 32.0 Å². The number of pyridine rings is 1. The Balaban J connectivity index is 2.13. The molecule has 2 aromatic rings. The van der Waals surface area contributed by atoms with Crippen LogP contribution in [0.5, 0.6) is 5.75 Å². The number of aryl methyl sites for hydroxylation is 2. The Morgan fingerprint density at radius 2 is 1.90 bits per heavy atom. The SMILES string of the molecule is COc1cccn(CC(=O)Nc2cc(C)cc(C)c2)c1=O. The molecule has 5 heteroatoms. The Morgan fingerprint density at radius 3 is 2.52 bits per heavy atom. The fraction of sp³-hybridized carbons (Fsp3) is 0.250. The number of hydrogen-bond donors (Lipinski definition) is 1. The van der Waals surface area contributed by atoms with E-state index in [1.54, 1.807) is 18.3 Å². The quantitative estimate of drug-likeness (QED) is 0.936. The lowest BCUT2D eigenvalue weighted by molar-refractivity contribution is -0.116. The summed E-state index contributed by atoms with van der Waals surface area (Å²) in [6.07, 6.45) is 1.56. The standard InChI is InChI=1S/C16H18N2O3/c1-11-7-12(2)9-13(8-11)17-15(19)10-18-6-4-5-14(21-3)16(18)20/h4-9H,10H2,1-3H3,(H,17,19). The molecule has 0 unspecified atom stereocenters. The van der Waals surface area contributed by atoms with Gasteiger partial charge in [0.15, 0.2) is 5.75 Å². The Hall–Kier alpha value is -2.56. The Kier molecular flexibility index (Phi) is 4.42. The minimum atomic E-state index is -0.324. The molecular formula is C16H18N2O3. The van der Waals surface area contributed by atoms with Gasteiger partial charge in [0, 0.05) is 11.9 Å². The van der Waals surface area contributed by atoms with Gasteiger partial charge in [-0.1, -0.05) is 6.07 Å². The molecule has 2 rings (SSSR count). The maximum Gasteiger partial charge on any atom is 0.293 e. The summed E-state index contributed by atoms with van der Waals surface area (Å²) in [6.45, 7) is 3.88. The van der Waals surface area contributed by atoms with E-state index in [4.69, 9.17) is 4.74 Å². The number of carbonyl (C=O) groups is 1. The first kappa shape index (κ1) is 14.8. The van der Waals surface area contributed by atoms with Gasteiger partial charge in [0.1, 0.15) is 6.54 Å². The molecule has 21 heavy (non-hydrogen) atoms. The topological polar surface area (TPSA) is 60.3 Å². The second kappa shape index (κ2) is 6.26. The number of benzene rings is 1. The molecule has 5 nitrogen and oxygen atoms in total.